The summed E-state index contributed by atoms with van der Waals surface area (Å²) in [5, 5.41) is 0. The molecule has 4 aromatic carbocycles. The zero-order valence-electron chi connectivity index (χ0n) is 112. The van der Waals surface area contributed by atoms with Gasteiger partial charge in [-0.25, -0.2) is 0 Å². The molecule has 10 unspecified atom stereocenters. The minimum atomic E-state index is -4.20. The Morgan fingerprint density at radius 1 is 0.479 bits per heavy atom. The van der Waals surface area contributed by atoms with E-state index >= 15 is 0 Å². The smallest absolute Gasteiger partial charge is 0.161 e. The number of aryl methyl sites for hydroxylation is 2. The highest BCUT2D eigenvalue weighted by molar-refractivity contribution is 5.85. The maximum atomic E-state index is 13.9. The molecule has 10 atom stereocenters. The molecule has 8 aliphatic rings. The van der Waals surface area contributed by atoms with Crippen LogP contribution >= 0.6 is 0 Å². The van der Waals surface area contributed by atoms with E-state index in [1.807, 2.05) is 13.8 Å². The average molecular weight is 1390 g/mol. The minimum Gasteiger partial charge on any atom is -0.493 e. The largest absolute Gasteiger partial charge is 0.493 e. The molecule has 0 radical (unpaired) electrons. The first-order valence-electron chi connectivity index (χ1n) is 59.4. The SMILES string of the molecule is C.C.[2H]C([2H])([2H])Oc1cc2c(cc1OC([2H])([2H])[2H])C([2H])([2H])C([2H])([2H])N1CC(C([2H])([2H])C([2H])(C([2H])([2H])[2H])C([2H])([2H])C)C(=O)CC21[2H].[2H]C([2H])([2H])Oc1cc2c(cc1OC([2H])([2H])[2H])C([2H])([2H])C([2H])([2H])N1CC(CC(C)C)C(=O)CC21[2H].[2H]C([2H])([2H])Oc1cc2c(cc1OC([2H])([2H])[2H])C1N(CC2)C([2H])([2H])C([2H])(C([2H])([2H])C([2H])(C([2H])([2H])[2H])C([2H])([2H])C)C(=O)C1([2H])[2H].[2H]C([2H])([2H])Oc1cc2c(cc1OC([2H])([2H])[2H])C1N(CC2)C([2H])([2H])C([2H])(CC(C)C)C(=O)C1([2H])[2H]. The normalized spacial score (nSPS) is 43.2. The minimum absolute atomic E-state index is 0. The third kappa shape index (κ3) is 17.6. The summed E-state index contributed by atoms with van der Waals surface area (Å²) in [4.78, 5) is 56.8. The number of Topliss-reactive ketones (excluding diaryl/α,β-unsaturated/α-hetero) is 4. The molecule has 12 rings (SSSR count). The van der Waals surface area contributed by atoms with Gasteiger partial charge in [-0.15, -0.1) is 0 Å². The lowest BCUT2D eigenvalue weighted by molar-refractivity contribution is -0.130. The van der Waals surface area contributed by atoms with Crippen molar-refractivity contribution in [2.24, 2.45) is 47.2 Å². The molecule has 96 heavy (non-hydrogen) atoms. The van der Waals surface area contributed by atoms with E-state index in [0.717, 1.165) is 46.2 Å². The van der Waals surface area contributed by atoms with Crippen LogP contribution in [0.1, 0.15) is 285 Å². The standard InChI is InChI=1S/2C20H29NO3.2C19H27NO3.2CH4/c2*1-5-13(2)8-15-12-21-7-6-14-9-19(23-3)20(24-4)10-16(14)17(21)11-18(15)22;2*1-12(2)7-14-11-20-6-5-13-8-18(22-3)19(23-4)9-15(13)16(20)10-17(14)21;;/h2*9-10,13,15,17H,5-8,11-12H2,1-4H3;2*8-9,12,14,16H,5-7,10-11H2,1-4H3;2*1H4/i2D3,3D3,4D3,5D2,8D2,11D2,12D2,13D,15D;2D3,3D3,4D3,5D2,6D2,7D2,8D2,13D,17D;3D3,4D3,10D2,11D2,14D;3D3,4D3,5D2,6D2,16D;;. The van der Waals surface area contributed by atoms with Crippen LogP contribution in [0.3, 0.4) is 0 Å². The fourth-order valence-electron chi connectivity index (χ4n) is 11.6. The second-order valence-corrected chi connectivity index (χ2v) is 23.1. The Morgan fingerprint density at radius 2 is 0.844 bits per heavy atom. The molecule has 0 amide bonds. The van der Waals surface area contributed by atoms with Crippen molar-refractivity contribution in [3.8, 4) is 46.0 Å². The summed E-state index contributed by atoms with van der Waals surface area (Å²) >= 11 is 0. The number of carbonyl (C=O) groups is 4. The Hall–Kier alpha value is -6.20. The van der Waals surface area contributed by atoms with E-state index < -0.39 is 307 Å². The Balaban J connectivity index is 0.000000281. The summed E-state index contributed by atoms with van der Waals surface area (Å²) in [6.07, 6.45) is -27.7. The highest BCUT2D eigenvalue weighted by Gasteiger charge is 2.43. The van der Waals surface area contributed by atoms with Crippen LogP contribution < -0.4 is 37.9 Å². The number of benzene rings is 4. The lowest BCUT2D eigenvalue weighted by Crippen LogP contribution is -2.46. The summed E-state index contributed by atoms with van der Waals surface area (Å²) < 4.78 is 521. The van der Waals surface area contributed by atoms with E-state index in [0.29, 0.717) is 41.7 Å². The van der Waals surface area contributed by atoms with Crippen molar-refractivity contribution in [3.63, 3.8) is 0 Å². The zero-order valence-corrected chi connectivity index (χ0v) is 51.8. The van der Waals surface area contributed by atoms with Gasteiger partial charge in [0.05, 0.1) is 91.9 Å². The third-order valence-electron chi connectivity index (χ3n) is 16.1. The second-order valence-electron chi connectivity index (χ2n) is 23.1. The van der Waals surface area contributed by atoms with Gasteiger partial charge in [0.1, 0.15) is 23.1 Å². The average Bonchev–Trinajstić information content (AvgIpc) is 0.661. The lowest BCUT2D eigenvalue weighted by atomic mass is 9.79. The van der Waals surface area contributed by atoms with Crippen LogP contribution in [-0.4, -0.2) is 151 Å². The molecule has 0 aliphatic carbocycles. The zero-order chi connectivity index (χ0) is 120. The number of fused-ring (bicyclic) bond motifs is 12. The van der Waals surface area contributed by atoms with Gasteiger partial charge in [0.25, 0.3) is 0 Å². The predicted molar refractivity (Wildman–Crippen MR) is 383 cm³/mol. The highest BCUT2D eigenvalue weighted by atomic mass is 16.5. The summed E-state index contributed by atoms with van der Waals surface area (Å²) in [5.74, 6) is -26.8. The van der Waals surface area contributed by atoms with E-state index in [1.54, 1.807) is 13.8 Å². The monoisotopic (exact) mass is 1390 g/mol. The van der Waals surface area contributed by atoms with Crippen molar-refractivity contribution < 1.29 is 139 Å². The van der Waals surface area contributed by atoms with E-state index in [-0.39, 0.29) is 92.8 Å². The number of ketones is 4. The van der Waals surface area contributed by atoms with Gasteiger partial charge in [0.15, 0.2) is 46.0 Å². The Labute approximate surface area is 661 Å². The number of piperidine rings is 4. The van der Waals surface area contributed by atoms with Gasteiger partial charge in [-0.1, -0.05) is 82.8 Å². The van der Waals surface area contributed by atoms with E-state index in [1.165, 1.54) is 6.07 Å². The molecular formula is C80H120N4O12. The van der Waals surface area contributed by atoms with Crippen LogP contribution in [0.15, 0.2) is 48.5 Å². The molecule has 4 fully saturated rings. The predicted octanol–water partition coefficient (Wildman–Crippen LogP) is 15.0. The van der Waals surface area contributed by atoms with Crippen LogP contribution in [0.2, 0.25) is 0 Å². The van der Waals surface area contributed by atoms with Gasteiger partial charge >= 0.3 is 0 Å². The number of hydrogen-bond donors (Lipinski definition) is 0. The van der Waals surface area contributed by atoms with Crippen LogP contribution in [0.25, 0.3) is 0 Å². The number of nitrogens with zero attached hydrogens (tertiary/aromatic N) is 4. The van der Waals surface area contributed by atoms with Crippen molar-refractivity contribution in [2.45, 2.75) is 184 Å². The second kappa shape index (κ2) is 35.0. The molecule has 16 heteroatoms. The van der Waals surface area contributed by atoms with Crippen molar-refractivity contribution >= 4 is 23.1 Å². The van der Waals surface area contributed by atoms with Crippen LogP contribution in [0.5, 0.6) is 46.0 Å². The van der Waals surface area contributed by atoms with Crippen LogP contribution in [0, 0.1) is 47.2 Å². The van der Waals surface area contributed by atoms with E-state index in [4.69, 9.17) is 119 Å². The van der Waals surface area contributed by atoms with Gasteiger partial charge in [-0.3, -0.25) is 38.8 Å². The maximum Gasteiger partial charge on any atom is 0.161 e. The molecular weight excluding hydrogens is 1210 g/mol. The van der Waals surface area contributed by atoms with Gasteiger partial charge in [0.2, 0.25) is 0 Å². The first-order valence-corrected chi connectivity index (χ1v) is 29.4. The lowest BCUT2D eigenvalue weighted by Gasteiger charge is -2.43. The Bertz CT molecular complexity index is 5880. The molecule has 8 aliphatic heterocycles. The first-order chi connectivity index (χ1) is 67.9. The number of carbonyl (C=O) groups excluding carboxylic acids is 4. The molecule has 0 aromatic heterocycles. The molecule has 0 spiro atoms. The number of ether oxygens (including phenoxy) is 8. The van der Waals surface area contributed by atoms with E-state index in [2.05, 4.69) is 0 Å². The number of methoxy groups -OCH3 is 8. The van der Waals surface area contributed by atoms with Crippen molar-refractivity contribution in [3.05, 3.63) is 93.0 Å². The molecule has 8 heterocycles. The van der Waals surface area contributed by atoms with Gasteiger partial charge in [-0.2, -0.15) is 0 Å². The molecule has 532 valence electrons. The maximum absolute atomic E-state index is 13.9. The van der Waals surface area contributed by atoms with Crippen LogP contribution in [-0.2, 0) is 44.8 Å². The van der Waals surface area contributed by atoms with Crippen molar-refractivity contribution in [1.82, 2.24) is 19.6 Å². The van der Waals surface area contributed by atoms with Gasteiger partial charge in [-0.05, 0) is 168 Å². The summed E-state index contributed by atoms with van der Waals surface area (Å²) in [6.45, 7) is -13.3. The topological polar surface area (TPSA) is 155 Å². The summed E-state index contributed by atoms with van der Waals surface area (Å²) in [5.41, 5.74) is -1.59. The van der Waals surface area contributed by atoms with Crippen LogP contribution in [0.4, 0.5) is 0 Å². The van der Waals surface area contributed by atoms with E-state index in [9.17, 15) is 20.5 Å². The Kier molecular flexibility index (Phi) is 10.6. The Morgan fingerprint density at radius 3 is 1.25 bits per heavy atom. The highest BCUT2D eigenvalue weighted by Crippen LogP contribution is 2.48. The quantitative estimate of drug-likeness (QED) is 0.0926. The summed E-state index contributed by atoms with van der Waals surface area (Å²) in [7, 11) is -24.7. The molecule has 0 bridgehead atoms. The molecule has 0 N–H and O–H groups in total. The molecule has 4 saturated heterocycles. The van der Waals surface area contributed by atoms with Gasteiger partial charge < -0.3 is 37.9 Å². The van der Waals surface area contributed by atoms with Gasteiger partial charge in [0, 0.05) is 172 Å². The summed E-state index contributed by atoms with van der Waals surface area (Å²) in [6, 6.07) is -0.779. The number of hydrogen-bond acceptors (Lipinski definition) is 16. The molecule has 16 nitrogen and oxygen atoms in total. The van der Waals surface area contributed by atoms with Crippen molar-refractivity contribution in [1.29, 1.82) is 0 Å². The fraction of sp³-hybridized carbons (Fsp3) is 0.650. The third-order valence-corrected chi connectivity index (χ3v) is 16.1. The molecule has 0 saturated carbocycles. The fourth-order valence-corrected chi connectivity index (χ4v) is 11.6. The number of rotatable bonds is 18. The first kappa shape index (κ1) is 29.2. The van der Waals surface area contributed by atoms with Crippen molar-refractivity contribution in [2.75, 3.05) is 108 Å². The molecule has 4 aromatic rings.